The predicted molar refractivity (Wildman–Crippen MR) is 70.5 cm³/mol. The van der Waals surface area contributed by atoms with E-state index in [1.165, 1.54) is 0 Å². The number of carbonyl (C=O) groups is 3. The van der Waals surface area contributed by atoms with E-state index >= 15 is 0 Å². The third-order valence-electron chi connectivity index (χ3n) is 2.36. The molecular weight excluding hydrogens is 246 g/mol. The SMILES string of the molecule is CCNC(=O)NCC(=O)NC(C=O)c1ccccc1. The minimum atomic E-state index is -0.704. The second-order valence-corrected chi connectivity index (χ2v) is 3.80. The molecule has 0 fully saturated rings. The molecule has 19 heavy (non-hydrogen) atoms. The van der Waals surface area contributed by atoms with Gasteiger partial charge in [-0.25, -0.2) is 4.79 Å². The molecule has 0 aliphatic rings. The van der Waals surface area contributed by atoms with Gasteiger partial charge in [0, 0.05) is 6.54 Å². The Morgan fingerprint density at radius 3 is 2.47 bits per heavy atom. The van der Waals surface area contributed by atoms with Gasteiger partial charge in [0.25, 0.3) is 0 Å². The molecule has 102 valence electrons. The van der Waals surface area contributed by atoms with Gasteiger partial charge >= 0.3 is 6.03 Å². The topological polar surface area (TPSA) is 87.3 Å². The predicted octanol–water partition coefficient (Wildman–Crippen LogP) is 0.362. The maximum atomic E-state index is 11.6. The molecule has 6 heteroatoms. The summed E-state index contributed by atoms with van der Waals surface area (Å²) in [7, 11) is 0. The van der Waals surface area contributed by atoms with Crippen molar-refractivity contribution in [3.8, 4) is 0 Å². The minimum absolute atomic E-state index is 0.178. The molecule has 0 aromatic heterocycles. The van der Waals surface area contributed by atoms with Crippen LogP contribution >= 0.6 is 0 Å². The van der Waals surface area contributed by atoms with E-state index in [9.17, 15) is 14.4 Å². The first kappa shape index (κ1) is 14.7. The van der Waals surface area contributed by atoms with Crippen LogP contribution in [0, 0.1) is 0 Å². The average Bonchev–Trinajstić information content (AvgIpc) is 2.44. The zero-order valence-corrected chi connectivity index (χ0v) is 10.7. The molecule has 1 aromatic carbocycles. The van der Waals surface area contributed by atoms with Crippen LogP contribution in [0.1, 0.15) is 18.5 Å². The zero-order chi connectivity index (χ0) is 14.1. The van der Waals surface area contributed by atoms with Crippen LogP contribution in [0.2, 0.25) is 0 Å². The van der Waals surface area contributed by atoms with Gasteiger partial charge in [-0.15, -0.1) is 0 Å². The van der Waals surface area contributed by atoms with E-state index in [1.54, 1.807) is 31.2 Å². The summed E-state index contributed by atoms with van der Waals surface area (Å²) < 4.78 is 0. The van der Waals surface area contributed by atoms with Crippen LogP contribution in [-0.2, 0) is 9.59 Å². The zero-order valence-electron chi connectivity index (χ0n) is 10.7. The largest absolute Gasteiger partial charge is 0.341 e. The summed E-state index contributed by atoms with van der Waals surface area (Å²) in [5, 5.41) is 7.42. The second kappa shape index (κ2) is 7.86. The lowest BCUT2D eigenvalue weighted by Gasteiger charge is -2.13. The van der Waals surface area contributed by atoms with Crippen LogP contribution in [0.5, 0.6) is 0 Å². The van der Waals surface area contributed by atoms with E-state index in [1.807, 2.05) is 6.07 Å². The monoisotopic (exact) mass is 263 g/mol. The number of amides is 3. The fourth-order valence-electron chi connectivity index (χ4n) is 1.46. The third-order valence-corrected chi connectivity index (χ3v) is 2.36. The Bertz CT molecular complexity index is 434. The first-order valence-corrected chi connectivity index (χ1v) is 5.98. The van der Waals surface area contributed by atoms with E-state index < -0.39 is 18.0 Å². The molecule has 3 amide bonds. The maximum Gasteiger partial charge on any atom is 0.315 e. The quantitative estimate of drug-likeness (QED) is 0.648. The highest BCUT2D eigenvalue weighted by atomic mass is 16.2. The van der Waals surface area contributed by atoms with E-state index in [4.69, 9.17) is 0 Å². The highest BCUT2D eigenvalue weighted by Gasteiger charge is 2.13. The standard InChI is InChI=1S/C13H17N3O3/c1-2-14-13(19)15-8-12(18)16-11(9-17)10-6-4-3-5-7-10/h3-7,9,11H,2,8H2,1H3,(H,16,18)(H2,14,15,19). The van der Waals surface area contributed by atoms with Gasteiger partial charge in [0.1, 0.15) is 12.3 Å². The summed E-state index contributed by atoms with van der Waals surface area (Å²) in [6.45, 7) is 2.08. The molecule has 3 N–H and O–H groups in total. The van der Waals surface area contributed by atoms with E-state index in [0.717, 1.165) is 0 Å². The molecule has 0 heterocycles. The van der Waals surface area contributed by atoms with Crippen LogP contribution < -0.4 is 16.0 Å². The fourth-order valence-corrected chi connectivity index (χ4v) is 1.46. The van der Waals surface area contributed by atoms with Gasteiger partial charge in [0.2, 0.25) is 5.91 Å². The van der Waals surface area contributed by atoms with E-state index in [2.05, 4.69) is 16.0 Å². The van der Waals surface area contributed by atoms with Gasteiger partial charge in [-0.3, -0.25) is 4.79 Å². The van der Waals surface area contributed by atoms with Crippen molar-refractivity contribution in [3.63, 3.8) is 0 Å². The smallest absolute Gasteiger partial charge is 0.315 e. The van der Waals surface area contributed by atoms with Crippen molar-refractivity contribution >= 4 is 18.2 Å². The van der Waals surface area contributed by atoms with Crippen LogP contribution in [-0.4, -0.2) is 31.3 Å². The van der Waals surface area contributed by atoms with Crippen molar-refractivity contribution in [2.24, 2.45) is 0 Å². The molecule has 6 nitrogen and oxygen atoms in total. The molecule has 0 aliphatic heterocycles. The molecule has 0 saturated heterocycles. The molecule has 0 spiro atoms. The van der Waals surface area contributed by atoms with Crippen molar-refractivity contribution in [1.29, 1.82) is 0 Å². The molecular formula is C13H17N3O3. The van der Waals surface area contributed by atoms with Gasteiger partial charge in [-0.2, -0.15) is 0 Å². The number of benzene rings is 1. The van der Waals surface area contributed by atoms with Gasteiger partial charge < -0.3 is 20.7 Å². The van der Waals surface area contributed by atoms with Gasteiger partial charge in [-0.05, 0) is 12.5 Å². The van der Waals surface area contributed by atoms with Crippen LogP contribution in [0.25, 0.3) is 0 Å². The Hall–Kier alpha value is -2.37. The Morgan fingerprint density at radius 1 is 1.21 bits per heavy atom. The molecule has 0 saturated carbocycles. The molecule has 0 radical (unpaired) electrons. The number of nitrogens with one attached hydrogen (secondary N) is 3. The highest BCUT2D eigenvalue weighted by Crippen LogP contribution is 2.09. The number of hydrogen-bond acceptors (Lipinski definition) is 3. The van der Waals surface area contributed by atoms with E-state index in [-0.39, 0.29) is 6.54 Å². The number of rotatable bonds is 6. The van der Waals surface area contributed by atoms with Crippen LogP contribution in [0.3, 0.4) is 0 Å². The second-order valence-electron chi connectivity index (χ2n) is 3.80. The molecule has 1 aromatic rings. The molecule has 1 rings (SSSR count). The van der Waals surface area contributed by atoms with Crippen LogP contribution in [0.15, 0.2) is 30.3 Å². The number of urea groups is 1. The van der Waals surface area contributed by atoms with E-state index in [0.29, 0.717) is 18.4 Å². The van der Waals surface area contributed by atoms with Crippen molar-refractivity contribution in [2.45, 2.75) is 13.0 Å². The number of aldehydes is 1. The van der Waals surface area contributed by atoms with Gasteiger partial charge in [0.05, 0.1) is 6.54 Å². The minimum Gasteiger partial charge on any atom is -0.341 e. The first-order chi connectivity index (χ1) is 9.17. The third kappa shape index (κ3) is 5.20. The lowest BCUT2D eigenvalue weighted by molar-refractivity contribution is -0.123. The van der Waals surface area contributed by atoms with Crippen molar-refractivity contribution in [1.82, 2.24) is 16.0 Å². The summed E-state index contributed by atoms with van der Waals surface area (Å²) in [4.78, 5) is 33.7. The summed E-state index contributed by atoms with van der Waals surface area (Å²) in [5.74, 6) is -0.424. The first-order valence-electron chi connectivity index (χ1n) is 5.98. The van der Waals surface area contributed by atoms with Crippen LogP contribution in [0.4, 0.5) is 4.79 Å². The average molecular weight is 263 g/mol. The summed E-state index contributed by atoms with van der Waals surface area (Å²) >= 11 is 0. The Balaban J connectivity index is 2.46. The van der Waals surface area contributed by atoms with Crippen molar-refractivity contribution < 1.29 is 14.4 Å². The molecule has 0 bridgehead atoms. The van der Waals surface area contributed by atoms with Gasteiger partial charge in [-0.1, -0.05) is 30.3 Å². The maximum absolute atomic E-state index is 11.6. The van der Waals surface area contributed by atoms with Gasteiger partial charge in [0.15, 0.2) is 0 Å². The summed E-state index contributed by atoms with van der Waals surface area (Å²) in [5.41, 5.74) is 0.698. The normalized spacial score (nSPS) is 11.2. The summed E-state index contributed by atoms with van der Waals surface area (Å²) in [6, 6.07) is 7.76. The van der Waals surface area contributed by atoms with Crippen molar-refractivity contribution in [3.05, 3.63) is 35.9 Å². The van der Waals surface area contributed by atoms with Crippen molar-refractivity contribution in [2.75, 3.05) is 13.1 Å². The Labute approximate surface area is 111 Å². The lowest BCUT2D eigenvalue weighted by Crippen LogP contribution is -2.43. The molecule has 0 aliphatic carbocycles. The Morgan fingerprint density at radius 2 is 1.89 bits per heavy atom. The fraction of sp³-hybridized carbons (Fsp3) is 0.308. The molecule has 1 unspecified atom stereocenters. The number of carbonyl (C=O) groups excluding carboxylic acids is 3. The highest BCUT2D eigenvalue weighted by molar-refractivity contribution is 5.85. The lowest BCUT2D eigenvalue weighted by atomic mass is 10.1. The summed E-state index contributed by atoms with van der Waals surface area (Å²) in [6.07, 6.45) is 0.652. The molecule has 1 atom stereocenters. The number of hydrogen-bond donors (Lipinski definition) is 3. The Kier molecular flexibility index (Phi) is 6.08.